The second kappa shape index (κ2) is 6.40. The maximum Gasteiger partial charge on any atom is 0.0720 e. The summed E-state index contributed by atoms with van der Waals surface area (Å²) >= 11 is 0. The van der Waals surface area contributed by atoms with Gasteiger partial charge in [0, 0.05) is 0 Å². The van der Waals surface area contributed by atoms with Crippen molar-refractivity contribution in [2.75, 3.05) is 0 Å². The van der Waals surface area contributed by atoms with Crippen LogP contribution in [-0.2, 0) is 11.3 Å². The van der Waals surface area contributed by atoms with E-state index in [2.05, 4.69) is 17.2 Å². The van der Waals surface area contributed by atoms with Crippen LogP contribution in [0.3, 0.4) is 0 Å². The summed E-state index contributed by atoms with van der Waals surface area (Å²) in [6, 6.07) is 8.16. The molecule has 0 amide bonds. The van der Waals surface area contributed by atoms with E-state index in [0.717, 1.165) is 5.56 Å². The van der Waals surface area contributed by atoms with E-state index in [-0.39, 0.29) is 0 Å². The van der Waals surface area contributed by atoms with E-state index < -0.39 is 0 Å². The lowest BCUT2D eigenvalue weighted by Crippen LogP contribution is -2.16. The van der Waals surface area contributed by atoms with Crippen molar-refractivity contribution < 1.29 is 4.74 Å². The van der Waals surface area contributed by atoms with Crippen molar-refractivity contribution in [3.63, 3.8) is 0 Å². The van der Waals surface area contributed by atoms with Crippen LogP contribution >= 0.6 is 0 Å². The summed E-state index contributed by atoms with van der Waals surface area (Å²) in [5.74, 6) is 5.10. The molecule has 0 saturated heterocycles. The van der Waals surface area contributed by atoms with Crippen molar-refractivity contribution in [2.24, 2.45) is 10.9 Å². The number of ether oxygens (including phenoxy) is 1. The standard InChI is InChI=1S/C14H20N2O/c15-16-10-12-6-8-13(9-7-12)11-17-14-4-2-1-3-5-14/h6-10,14H,1-5,11,15H2. The molecular weight excluding hydrogens is 212 g/mol. The van der Waals surface area contributed by atoms with Gasteiger partial charge in [-0.1, -0.05) is 43.5 Å². The first-order valence-corrected chi connectivity index (χ1v) is 6.32. The summed E-state index contributed by atoms with van der Waals surface area (Å²) in [5, 5.41) is 3.50. The lowest BCUT2D eigenvalue weighted by atomic mass is 9.98. The summed E-state index contributed by atoms with van der Waals surface area (Å²) in [6.07, 6.45) is 8.55. The van der Waals surface area contributed by atoms with Gasteiger partial charge in [-0.2, -0.15) is 5.10 Å². The van der Waals surface area contributed by atoms with Gasteiger partial charge in [0.1, 0.15) is 0 Å². The molecule has 1 aromatic carbocycles. The molecule has 0 radical (unpaired) electrons. The largest absolute Gasteiger partial charge is 0.374 e. The highest BCUT2D eigenvalue weighted by Gasteiger charge is 2.13. The van der Waals surface area contributed by atoms with Crippen LogP contribution in [0.4, 0.5) is 0 Å². The van der Waals surface area contributed by atoms with Gasteiger partial charge in [-0.3, -0.25) is 0 Å². The molecule has 17 heavy (non-hydrogen) atoms. The highest BCUT2D eigenvalue weighted by atomic mass is 16.5. The van der Waals surface area contributed by atoms with E-state index in [1.165, 1.54) is 37.7 Å². The van der Waals surface area contributed by atoms with Gasteiger partial charge in [0.15, 0.2) is 0 Å². The maximum atomic E-state index is 5.91. The molecule has 2 N–H and O–H groups in total. The topological polar surface area (TPSA) is 47.6 Å². The van der Waals surface area contributed by atoms with Crippen LogP contribution in [0.15, 0.2) is 29.4 Å². The van der Waals surface area contributed by atoms with Gasteiger partial charge in [-0.05, 0) is 24.0 Å². The van der Waals surface area contributed by atoms with Gasteiger partial charge >= 0.3 is 0 Å². The van der Waals surface area contributed by atoms with Gasteiger partial charge in [-0.25, -0.2) is 0 Å². The molecule has 1 aliphatic rings. The Balaban J connectivity index is 1.81. The van der Waals surface area contributed by atoms with E-state index in [1.807, 2.05) is 12.1 Å². The van der Waals surface area contributed by atoms with Crippen LogP contribution in [0.5, 0.6) is 0 Å². The first kappa shape index (κ1) is 12.1. The number of hydrogen-bond donors (Lipinski definition) is 1. The minimum Gasteiger partial charge on any atom is -0.374 e. The zero-order valence-corrected chi connectivity index (χ0v) is 10.1. The van der Waals surface area contributed by atoms with Crippen LogP contribution in [0.25, 0.3) is 0 Å². The Bertz CT molecular complexity index is 353. The third-order valence-corrected chi connectivity index (χ3v) is 3.24. The summed E-state index contributed by atoms with van der Waals surface area (Å²) in [5.41, 5.74) is 2.23. The molecule has 1 fully saturated rings. The fraction of sp³-hybridized carbons (Fsp3) is 0.500. The lowest BCUT2D eigenvalue weighted by Gasteiger charge is -2.22. The van der Waals surface area contributed by atoms with Crippen LogP contribution < -0.4 is 5.84 Å². The molecule has 1 aromatic rings. The Morgan fingerprint density at radius 1 is 1.18 bits per heavy atom. The molecule has 3 nitrogen and oxygen atoms in total. The van der Waals surface area contributed by atoms with Crippen molar-refractivity contribution in [3.8, 4) is 0 Å². The van der Waals surface area contributed by atoms with Crippen LogP contribution in [0, 0.1) is 0 Å². The smallest absolute Gasteiger partial charge is 0.0720 e. The highest BCUT2D eigenvalue weighted by molar-refractivity contribution is 5.79. The van der Waals surface area contributed by atoms with E-state index in [4.69, 9.17) is 10.6 Å². The number of nitrogens with two attached hydrogens (primary N) is 1. The third-order valence-electron chi connectivity index (χ3n) is 3.24. The van der Waals surface area contributed by atoms with Gasteiger partial charge < -0.3 is 10.6 Å². The number of hydrazone groups is 1. The van der Waals surface area contributed by atoms with Crippen LogP contribution in [0.2, 0.25) is 0 Å². The SMILES string of the molecule is NN=Cc1ccc(COC2CCCCC2)cc1. The average molecular weight is 232 g/mol. The van der Waals surface area contributed by atoms with E-state index in [1.54, 1.807) is 6.21 Å². The minimum atomic E-state index is 0.467. The highest BCUT2D eigenvalue weighted by Crippen LogP contribution is 2.21. The first-order valence-electron chi connectivity index (χ1n) is 6.32. The summed E-state index contributed by atoms with van der Waals surface area (Å²) in [4.78, 5) is 0. The van der Waals surface area contributed by atoms with Crippen LogP contribution in [-0.4, -0.2) is 12.3 Å². The van der Waals surface area contributed by atoms with Gasteiger partial charge in [0.25, 0.3) is 0 Å². The van der Waals surface area contributed by atoms with Crippen LogP contribution in [0.1, 0.15) is 43.2 Å². The zero-order valence-electron chi connectivity index (χ0n) is 10.1. The molecule has 3 heteroatoms. The fourth-order valence-corrected chi connectivity index (χ4v) is 2.23. The predicted octanol–water partition coefficient (Wildman–Crippen LogP) is 2.83. The summed E-state index contributed by atoms with van der Waals surface area (Å²) in [6.45, 7) is 0.713. The van der Waals surface area contributed by atoms with Gasteiger partial charge in [0.05, 0.1) is 18.9 Å². The zero-order chi connectivity index (χ0) is 11.9. The molecular formula is C14H20N2O. The van der Waals surface area contributed by atoms with E-state index in [9.17, 15) is 0 Å². The predicted molar refractivity (Wildman–Crippen MR) is 69.9 cm³/mol. The second-order valence-electron chi connectivity index (χ2n) is 4.59. The van der Waals surface area contributed by atoms with E-state index in [0.29, 0.717) is 12.7 Å². The number of rotatable bonds is 4. The Kier molecular flexibility index (Phi) is 4.56. The molecule has 2 rings (SSSR count). The quantitative estimate of drug-likeness (QED) is 0.493. The van der Waals surface area contributed by atoms with Crippen molar-refractivity contribution >= 4 is 6.21 Å². The molecule has 0 unspecified atom stereocenters. The number of nitrogens with zero attached hydrogens (tertiary/aromatic N) is 1. The Labute approximate surface area is 103 Å². The lowest BCUT2D eigenvalue weighted by molar-refractivity contribution is 0.0169. The molecule has 0 atom stereocenters. The summed E-state index contributed by atoms with van der Waals surface area (Å²) < 4.78 is 5.91. The molecule has 1 aliphatic carbocycles. The molecule has 0 heterocycles. The molecule has 0 bridgehead atoms. The Morgan fingerprint density at radius 2 is 1.88 bits per heavy atom. The molecule has 0 aliphatic heterocycles. The first-order chi connectivity index (χ1) is 8.38. The van der Waals surface area contributed by atoms with E-state index >= 15 is 0 Å². The Morgan fingerprint density at radius 3 is 2.53 bits per heavy atom. The van der Waals surface area contributed by atoms with Crippen molar-refractivity contribution in [1.82, 2.24) is 0 Å². The van der Waals surface area contributed by atoms with Crippen molar-refractivity contribution in [3.05, 3.63) is 35.4 Å². The normalized spacial score (nSPS) is 17.6. The number of hydrogen-bond acceptors (Lipinski definition) is 3. The average Bonchev–Trinajstić information content (AvgIpc) is 2.40. The Hall–Kier alpha value is -1.35. The second-order valence-corrected chi connectivity index (χ2v) is 4.59. The molecule has 0 aromatic heterocycles. The van der Waals surface area contributed by atoms with Crippen molar-refractivity contribution in [2.45, 2.75) is 44.8 Å². The fourth-order valence-electron chi connectivity index (χ4n) is 2.23. The van der Waals surface area contributed by atoms with Gasteiger partial charge in [-0.15, -0.1) is 0 Å². The number of benzene rings is 1. The minimum absolute atomic E-state index is 0.467. The van der Waals surface area contributed by atoms with Crippen molar-refractivity contribution in [1.29, 1.82) is 0 Å². The third kappa shape index (κ3) is 3.86. The maximum absolute atomic E-state index is 5.91. The molecule has 1 saturated carbocycles. The monoisotopic (exact) mass is 232 g/mol. The van der Waals surface area contributed by atoms with Gasteiger partial charge in [0.2, 0.25) is 0 Å². The molecule has 0 spiro atoms. The molecule has 92 valence electrons. The summed E-state index contributed by atoms with van der Waals surface area (Å²) in [7, 11) is 0.